The Kier molecular flexibility index (Phi) is 5.21. The SMILES string of the molecule is CCC(C)(C)c1ccc(S(=O)(=O)ONC2=CCCc3ccccc32)cc1. The zero-order chi connectivity index (χ0) is 18.8. The van der Waals surface area contributed by atoms with Crippen molar-refractivity contribution in [2.45, 2.75) is 50.3 Å². The van der Waals surface area contributed by atoms with Crippen molar-refractivity contribution < 1.29 is 12.7 Å². The predicted molar refractivity (Wildman–Crippen MR) is 104 cm³/mol. The van der Waals surface area contributed by atoms with Gasteiger partial charge in [-0.05, 0) is 47.9 Å². The molecule has 4 nitrogen and oxygen atoms in total. The van der Waals surface area contributed by atoms with Crippen molar-refractivity contribution in [2.75, 3.05) is 0 Å². The maximum absolute atomic E-state index is 12.5. The van der Waals surface area contributed by atoms with Crippen LogP contribution in [0.2, 0.25) is 0 Å². The molecule has 5 heteroatoms. The van der Waals surface area contributed by atoms with E-state index in [0.717, 1.165) is 30.4 Å². The van der Waals surface area contributed by atoms with Gasteiger partial charge in [0.15, 0.2) is 0 Å². The third kappa shape index (κ3) is 3.84. The van der Waals surface area contributed by atoms with Gasteiger partial charge < -0.3 is 0 Å². The van der Waals surface area contributed by atoms with Gasteiger partial charge in [-0.25, -0.2) is 5.48 Å². The van der Waals surface area contributed by atoms with Gasteiger partial charge in [0.25, 0.3) is 0 Å². The molecule has 0 saturated heterocycles. The first-order valence-electron chi connectivity index (χ1n) is 8.92. The lowest BCUT2D eigenvalue weighted by molar-refractivity contribution is 0.258. The molecule has 2 aromatic carbocycles. The Labute approximate surface area is 156 Å². The number of allylic oxidation sites excluding steroid dienone is 1. The standard InChI is InChI=1S/C21H25NO3S/c1-4-21(2,3)17-12-14-18(15-13-17)26(23,24)25-22-20-11-7-9-16-8-5-6-10-19(16)20/h5-6,8,10-15,22H,4,7,9H2,1-3H3. The molecular weight excluding hydrogens is 346 g/mol. The van der Waals surface area contributed by atoms with Crippen LogP contribution in [-0.2, 0) is 26.2 Å². The Morgan fingerprint density at radius 3 is 2.46 bits per heavy atom. The minimum absolute atomic E-state index is 0.0119. The lowest BCUT2D eigenvalue weighted by Crippen LogP contribution is -2.21. The van der Waals surface area contributed by atoms with Crippen LogP contribution in [0.25, 0.3) is 5.70 Å². The second-order valence-electron chi connectivity index (χ2n) is 7.21. The molecule has 0 saturated carbocycles. The maximum atomic E-state index is 12.5. The molecule has 1 aliphatic carbocycles. The highest BCUT2D eigenvalue weighted by Gasteiger charge is 2.22. The number of aryl methyl sites for hydroxylation is 1. The van der Waals surface area contributed by atoms with Crippen molar-refractivity contribution in [1.29, 1.82) is 0 Å². The van der Waals surface area contributed by atoms with Crippen LogP contribution in [0.1, 0.15) is 50.3 Å². The Hall–Kier alpha value is -2.11. The van der Waals surface area contributed by atoms with Gasteiger partial charge in [-0.1, -0.05) is 63.2 Å². The molecule has 1 N–H and O–H groups in total. The molecule has 0 heterocycles. The van der Waals surface area contributed by atoms with Crippen molar-refractivity contribution in [1.82, 2.24) is 5.48 Å². The second kappa shape index (κ2) is 7.25. The third-order valence-corrected chi connectivity index (χ3v) is 6.29. The maximum Gasteiger partial charge on any atom is 0.317 e. The van der Waals surface area contributed by atoms with E-state index in [2.05, 4.69) is 26.3 Å². The van der Waals surface area contributed by atoms with Gasteiger partial charge in [-0.2, -0.15) is 8.42 Å². The van der Waals surface area contributed by atoms with E-state index in [1.54, 1.807) is 12.1 Å². The molecule has 0 fully saturated rings. The highest BCUT2D eigenvalue weighted by atomic mass is 32.2. The molecule has 1 aliphatic rings. The first-order chi connectivity index (χ1) is 12.3. The summed E-state index contributed by atoms with van der Waals surface area (Å²) in [4.78, 5) is 0.144. The summed E-state index contributed by atoms with van der Waals surface area (Å²) in [7, 11) is -3.88. The fourth-order valence-corrected chi connectivity index (χ4v) is 3.77. The van der Waals surface area contributed by atoms with Crippen LogP contribution in [0, 0.1) is 0 Å². The van der Waals surface area contributed by atoms with Crippen LogP contribution in [0.3, 0.4) is 0 Å². The number of nitrogens with one attached hydrogen (secondary N) is 1. The van der Waals surface area contributed by atoms with Gasteiger partial charge in [0.1, 0.15) is 0 Å². The Morgan fingerprint density at radius 2 is 1.77 bits per heavy atom. The number of hydroxylamine groups is 1. The summed E-state index contributed by atoms with van der Waals surface area (Å²) < 4.78 is 30.1. The van der Waals surface area contributed by atoms with Crippen molar-refractivity contribution in [3.63, 3.8) is 0 Å². The predicted octanol–water partition coefficient (Wildman–Crippen LogP) is 4.57. The van der Waals surface area contributed by atoms with E-state index in [4.69, 9.17) is 4.28 Å². The molecule has 3 rings (SSSR count). The zero-order valence-electron chi connectivity index (χ0n) is 15.5. The lowest BCUT2D eigenvalue weighted by atomic mass is 9.82. The van der Waals surface area contributed by atoms with Crippen LogP contribution in [0.15, 0.2) is 59.5 Å². The zero-order valence-corrected chi connectivity index (χ0v) is 16.3. The molecule has 0 atom stereocenters. The summed E-state index contributed by atoms with van der Waals surface area (Å²) in [5, 5.41) is 0. The van der Waals surface area contributed by atoms with E-state index >= 15 is 0 Å². The van der Waals surface area contributed by atoms with Gasteiger partial charge >= 0.3 is 10.1 Å². The van der Waals surface area contributed by atoms with Gasteiger partial charge in [-0.3, -0.25) is 0 Å². The normalized spacial score (nSPS) is 14.5. The quantitative estimate of drug-likeness (QED) is 0.756. The minimum atomic E-state index is -3.88. The van der Waals surface area contributed by atoms with Gasteiger partial charge in [0.2, 0.25) is 0 Å². The summed E-state index contributed by atoms with van der Waals surface area (Å²) in [6.07, 6.45) is 4.74. The van der Waals surface area contributed by atoms with E-state index in [1.165, 1.54) is 5.56 Å². The van der Waals surface area contributed by atoms with E-state index in [-0.39, 0.29) is 10.3 Å². The average molecular weight is 372 g/mol. The molecule has 0 unspecified atom stereocenters. The molecule has 0 aromatic heterocycles. The lowest BCUT2D eigenvalue weighted by Gasteiger charge is -2.23. The highest BCUT2D eigenvalue weighted by molar-refractivity contribution is 7.86. The van der Waals surface area contributed by atoms with E-state index in [9.17, 15) is 8.42 Å². The average Bonchev–Trinajstić information content (AvgIpc) is 2.66. The summed E-state index contributed by atoms with van der Waals surface area (Å²) in [6.45, 7) is 6.40. The molecule has 0 aliphatic heterocycles. The van der Waals surface area contributed by atoms with Crippen molar-refractivity contribution in [2.24, 2.45) is 0 Å². The molecule has 26 heavy (non-hydrogen) atoms. The molecule has 138 valence electrons. The number of benzene rings is 2. The fourth-order valence-electron chi connectivity index (χ4n) is 3.00. The van der Waals surface area contributed by atoms with E-state index < -0.39 is 10.1 Å². The van der Waals surface area contributed by atoms with Gasteiger partial charge in [0.05, 0.1) is 10.6 Å². The molecular formula is C21H25NO3S. The number of fused-ring (bicyclic) bond motifs is 1. The summed E-state index contributed by atoms with van der Waals surface area (Å²) in [5.74, 6) is 0. The summed E-state index contributed by atoms with van der Waals surface area (Å²) >= 11 is 0. The van der Waals surface area contributed by atoms with Crippen LogP contribution in [-0.4, -0.2) is 8.42 Å². The Balaban J connectivity index is 1.75. The number of hydrogen-bond donors (Lipinski definition) is 1. The molecule has 0 radical (unpaired) electrons. The Morgan fingerprint density at radius 1 is 1.08 bits per heavy atom. The summed E-state index contributed by atoms with van der Waals surface area (Å²) in [6, 6.07) is 14.8. The van der Waals surface area contributed by atoms with Crippen LogP contribution < -0.4 is 5.48 Å². The smallest absolute Gasteiger partial charge is 0.249 e. The van der Waals surface area contributed by atoms with Crippen molar-refractivity contribution >= 4 is 15.8 Å². The first kappa shape index (κ1) is 18.7. The molecule has 0 amide bonds. The van der Waals surface area contributed by atoms with E-state index in [1.807, 2.05) is 42.5 Å². The Bertz CT molecular complexity index is 913. The number of hydrogen-bond acceptors (Lipinski definition) is 4. The minimum Gasteiger partial charge on any atom is -0.249 e. The van der Waals surface area contributed by atoms with Crippen LogP contribution >= 0.6 is 0 Å². The molecule has 2 aromatic rings. The van der Waals surface area contributed by atoms with Crippen molar-refractivity contribution in [3.8, 4) is 0 Å². The van der Waals surface area contributed by atoms with Crippen molar-refractivity contribution in [3.05, 3.63) is 71.3 Å². The topological polar surface area (TPSA) is 55.4 Å². The van der Waals surface area contributed by atoms with Crippen LogP contribution in [0.4, 0.5) is 0 Å². The third-order valence-electron chi connectivity index (χ3n) is 5.14. The molecule has 0 spiro atoms. The van der Waals surface area contributed by atoms with Gasteiger partial charge in [0, 0.05) is 5.56 Å². The first-order valence-corrected chi connectivity index (χ1v) is 10.3. The highest BCUT2D eigenvalue weighted by Crippen LogP contribution is 2.28. The van der Waals surface area contributed by atoms with E-state index in [0.29, 0.717) is 5.70 Å². The molecule has 0 bridgehead atoms. The van der Waals surface area contributed by atoms with Gasteiger partial charge in [-0.15, -0.1) is 4.28 Å². The summed E-state index contributed by atoms with van der Waals surface area (Å²) in [5.41, 5.74) is 6.62. The second-order valence-corrected chi connectivity index (χ2v) is 8.76. The monoisotopic (exact) mass is 371 g/mol. The number of rotatable bonds is 6. The van der Waals surface area contributed by atoms with Crippen LogP contribution in [0.5, 0.6) is 0 Å². The largest absolute Gasteiger partial charge is 0.317 e. The fraction of sp³-hybridized carbons (Fsp3) is 0.333.